The Morgan fingerprint density at radius 3 is 2.45 bits per heavy atom. The quantitative estimate of drug-likeness (QED) is 0.514. The second-order valence-corrected chi connectivity index (χ2v) is 7.29. The molecule has 0 saturated heterocycles. The maximum absolute atomic E-state index is 13.8. The molecule has 0 spiro atoms. The van der Waals surface area contributed by atoms with Crippen LogP contribution in [-0.4, -0.2) is 24.8 Å². The minimum Gasteiger partial charge on any atom is -0.322 e. The number of aromatic nitrogens is 4. The Morgan fingerprint density at radius 2 is 1.77 bits per heavy atom. The van der Waals surface area contributed by atoms with Crippen molar-refractivity contribution in [1.29, 1.82) is 0 Å². The summed E-state index contributed by atoms with van der Waals surface area (Å²) in [6.07, 6.45) is -3.99. The van der Waals surface area contributed by atoms with E-state index in [2.05, 4.69) is 10.4 Å². The molecule has 0 aliphatic rings. The summed E-state index contributed by atoms with van der Waals surface area (Å²) in [6.45, 7) is 0. The van der Waals surface area contributed by atoms with Crippen molar-refractivity contribution in [3.8, 4) is 5.69 Å². The van der Waals surface area contributed by atoms with E-state index in [4.69, 9.17) is 11.6 Å². The number of anilines is 1. The number of carbonyl (C=O) groups excluding carboxylic acids is 1. The molecule has 1 amide bonds. The van der Waals surface area contributed by atoms with E-state index in [1.165, 1.54) is 45.5 Å². The lowest BCUT2D eigenvalue weighted by Crippen LogP contribution is -2.20. The first-order chi connectivity index (χ1) is 14.6. The fraction of sp³-hybridized carbons (Fsp3) is 0.150. The third kappa shape index (κ3) is 3.59. The molecule has 31 heavy (non-hydrogen) atoms. The molecule has 4 aromatic rings. The van der Waals surface area contributed by atoms with Crippen LogP contribution in [0, 0.1) is 0 Å². The smallest absolute Gasteiger partial charge is 0.322 e. The van der Waals surface area contributed by atoms with Crippen molar-refractivity contribution in [2.75, 3.05) is 5.32 Å². The van der Waals surface area contributed by atoms with Crippen molar-refractivity contribution in [1.82, 2.24) is 18.9 Å². The van der Waals surface area contributed by atoms with Gasteiger partial charge in [-0.3, -0.25) is 13.9 Å². The second-order valence-electron chi connectivity index (χ2n) is 6.85. The molecule has 11 heteroatoms. The number of halogens is 4. The standard InChI is InChI=1S/C20H15ClF3N5O2/c1-27-15-7-6-12(9-16(15)28(2)19(27)31)26-18(30)14-10-25-29(17(14)20(22,23)24)13-5-3-4-11(21)8-13/h3-10H,1-2H3,(H,26,30). The third-order valence-electron chi connectivity index (χ3n) is 4.86. The van der Waals surface area contributed by atoms with E-state index in [1.54, 1.807) is 20.2 Å². The van der Waals surface area contributed by atoms with E-state index in [1.807, 2.05) is 0 Å². The Morgan fingerprint density at radius 1 is 1.06 bits per heavy atom. The molecule has 0 bridgehead atoms. The van der Waals surface area contributed by atoms with Gasteiger partial charge in [-0.25, -0.2) is 9.48 Å². The minimum atomic E-state index is -4.85. The van der Waals surface area contributed by atoms with Gasteiger partial charge in [0, 0.05) is 24.8 Å². The molecule has 0 atom stereocenters. The predicted molar refractivity (Wildman–Crippen MR) is 110 cm³/mol. The average molecular weight is 450 g/mol. The molecule has 0 radical (unpaired) electrons. The molecule has 160 valence electrons. The number of hydrogen-bond acceptors (Lipinski definition) is 3. The van der Waals surface area contributed by atoms with Gasteiger partial charge >= 0.3 is 11.9 Å². The highest BCUT2D eigenvalue weighted by Gasteiger charge is 2.40. The van der Waals surface area contributed by atoms with Crippen molar-refractivity contribution in [3.63, 3.8) is 0 Å². The highest BCUT2D eigenvalue weighted by atomic mass is 35.5. The van der Waals surface area contributed by atoms with Crippen LogP contribution in [0.25, 0.3) is 16.7 Å². The summed E-state index contributed by atoms with van der Waals surface area (Å²) in [6, 6.07) is 10.3. The number of hydrogen-bond donors (Lipinski definition) is 1. The zero-order chi connectivity index (χ0) is 22.5. The minimum absolute atomic E-state index is 0.0691. The number of imidazole rings is 1. The summed E-state index contributed by atoms with van der Waals surface area (Å²) in [5, 5.41) is 6.45. The van der Waals surface area contributed by atoms with Crippen LogP contribution in [0.5, 0.6) is 0 Å². The van der Waals surface area contributed by atoms with E-state index in [0.717, 1.165) is 6.20 Å². The molecular formula is C20H15ClF3N5O2. The van der Waals surface area contributed by atoms with Gasteiger partial charge in [0.1, 0.15) is 0 Å². The van der Waals surface area contributed by atoms with Gasteiger partial charge in [-0.2, -0.15) is 18.3 Å². The molecule has 0 unspecified atom stereocenters. The van der Waals surface area contributed by atoms with E-state index in [0.29, 0.717) is 15.7 Å². The van der Waals surface area contributed by atoms with Gasteiger partial charge in [-0.1, -0.05) is 17.7 Å². The first-order valence-electron chi connectivity index (χ1n) is 8.96. The summed E-state index contributed by atoms with van der Waals surface area (Å²) in [5.41, 5.74) is -0.677. The summed E-state index contributed by atoms with van der Waals surface area (Å²) in [5.74, 6) is -0.985. The summed E-state index contributed by atoms with van der Waals surface area (Å²) >= 11 is 5.88. The Kier molecular flexibility index (Phi) is 4.89. The van der Waals surface area contributed by atoms with Crippen LogP contribution in [0.2, 0.25) is 5.02 Å². The summed E-state index contributed by atoms with van der Waals surface area (Å²) in [4.78, 5) is 24.8. The SMILES string of the molecule is Cn1c(=O)n(C)c2cc(NC(=O)c3cnn(-c4cccc(Cl)c4)c3C(F)(F)F)ccc21. The van der Waals surface area contributed by atoms with Gasteiger partial charge in [0.25, 0.3) is 5.91 Å². The Labute approximate surface area is 178 Å². The number of carbonyl (C=O) groups is 1. The molecule has 2 heterocycles. The fourth-order valence-electron chi connectivity index (χ4n) is 3.37. The lowest BCUT2D eigenvalue weighted by molar-refractivity contribution is -0.143. The normalized spacial score (nSPS) is 11.8. The lowest BCUT2D eigenvalue weighted by atomic mass is 10.2. The molecule has 2 aromatic heterocycles. The summed E-state index contributed by atoms with van der Waals surface area (Å²) < 4.78 is 44.9. The second kappa shape index (κ2) is 7.31. The van der Waals surface area contributed by atoms with Crippen molar-refractivity contribution in [2.45, 2.75) is 6.18 Å². The summed E-state index contributed by atoms with van der Waals surface area (Å²) in [7, 11) is 3.16. The lowest BCUT2D eigenvalue weighted by Gasteiger charge is -2.13. The van der Waals surface area contributed by atoms with Crippen LogP contribution in [0.1, 0.15) is 16.1 Å². The topological polar surface area (TPSA) is 73.8 Å². The molecule has 7 nitrogen and oxygen atoms in total. The Balaban J connectivity index is 1.75. The van der Waals surface area contributed by atoms with E-state index < -0.39 is 23.3 Å². The van der Waals surface area contributed by atoms with Crippen LogP contribution in [-0.2, 0) is 20.3 Å². The molecule has 0 fully saturated rings. The molecular weight excluding hydrogens is 435 g/mol. The Hall–Kier alpha value is -3.53. The first-order valence-corrected chi connectivity index (χ1v) is 9.33. The van der Waals surface area contributed by atoms with Crippen molar-refractivity contribution in [2.24, 2.45) is 14.1 Å². The largest absolute Gasteiger partial charge is 0.434 e. The molecule has 0 saturated carbocycles. The van der Waals surface area contributed by atoms with E-state index in [-0.39, 0.29) is 22.1 Å². The van der Waals surface area contributed by atoms with Crippen molar-refractivity contribution >= 4 is 34.2 Å². The average Bonchev–Trinajstić information content (AvgIpc) is 3.25. The molecule has 0 aliphatic heterocycles. The van der Waals surface area contributed by atoms with Gasteiger partial charge in [0.2, 0.25) is 0 Å². The van der Waals surface area contributed by atoms with Crippen LogP contribution in [0.3, 0.4) is 0 Å². The van der Waals surface area contributed by atoms with Crippen LogP contribution in [0.4, 0.5) is 18.9 Å². The van der Waals surface area contributed by atoms with Gasteiger partial charge in [-0.05, 0) is 36.4 Å². The van der Waals surface area contributed by atoms with Crippen LogP contribution in [0.15, 0.2) is 53.5 Å². The number of fused-ring (bicyclic) bond motifs is 1. The van der Waals surface area contributed by atoms with Crippen LogP contribution >= 0.6 is 11.6 Å². The van der Waals surface area contributed by atoms with Gasteiger partial charge in [-0.15, -0.1) is 0 Å². The number of nitrogens with one attached hydrogen (secondary N) is 1. The monoisotopic (exact) mass is 449 g/mol. The van der Waals surface area contributed by atoms with Crippen molar-refractivity contribution < 1.29 is 18.0 Å². The zero-order valence-corrected chi connectivity index (χ0v) is 17.0. The molecule has 1 N–H and O–H groups in total. The number of benzene rings is 2. The molecule has 4 rings (SSSR count). The number of aryl methyl sites for hydroxylation is 2. The highest BCUT2D eigenvalue weighted by molar-refractivity contribution is 6.30. The van der Waals surface area contributed by atoms with Gasteiger partial charge < -0.3 is 5.32 Å². The fourth-order valence-corrected chi connectivity index (χ4v) is 3.56. The molecule has 0 aliphatic carbocycles. The maximum Gasteiger partial charge on any atom is 0.434 e. The zero-order valence-electron chi connectivity index (χ0n) is 16.2. The molecule has 2 aromatic carbocycles. The third-order valence-corrected chi connectivity index (χ3v) is 5.10. The van der Waals surface area contributed by atoms with Crippen molar-refractivity contribution in [3.05, 3.63) is 75.4 Å². The number of rotatable bonds is 3. The number of nitrogens with zero attached hydrogens (tertiary/aromatic N) is 4. The van der Waals surface area contributed by atoms with E-state index >= 15 is 0 Å². The number of alkyl halides is 3. The van der Waals surface area contributed by atoms with Gasteiger partial charge in [0.05, 0.1) is 28.5 Å². The highest BCUT2D eigenvalue weighted by Crippen LogP contribution is 2.34. The van der Waals surface area contributed by atoms with Crippen LogP contribution < -0.4 is 11.0 Å². The van der Waals surface area contributed by atoms with Gasteiger partial charge in [0.15, 0.2) is 5.69 Å². The maximum atomic E-state index is 13.8. The predicted octanol–water partition coefficient (Wildman–Crippen LogP) is 3.99. The van der Waals surface area contributed by atoms with E-state index in [9.17, 15) is 22.8 Å². The number of amides is 1. The first kappa shape index (κ1) is 20.7. The Bertz CT molecular complexity index is 1380.